The Morgan fingerprint density at radius 2 is 2.06 bits per heavy atom. The van der Waals surface area contributed by atoms with Crippen LogP contribution in [0.3, 0.4) is 0 Å². The molecule has 0 saturated carbocycles. The highest BCUT2D eigenvalue weighted by atomic mass is 16.5. The Bertz CT molecular complexity index is 338. The number of hydrogen-bond acceptors (Lipinski definition) is 4. The maximum atomic E-state index is 10.8. The number of methoxy groups -OCH3 is 1. The van der Waals surface area contributed by atoms with E-state index in [1.165, 1.54) is 7.11 Å². The van der Waals surface area contributed by atoms with E-state index in [-0.39, 0.29) is 0 Å². The molecule has 5 heteroatoms. The van der Waals surface area contributed by atoms with Gasteiger partial charge >= 0.3 is 6.09 Å². The summed E-state index contributed by atoms with van der Waals surface area (Å²) in [6.45, 7) is 1.57. The molecule has 0 aliphatic carbocycles. The van der Waals surface area contributed by atoms with Crippen LogP contribution in [-0.2, 0) is 11.2 Å². The van der Waals surface area contributed by atoms with Crippen LogP contribution in [0.15, 0.2) is 24.3 Å². The van der Waals surface area contributed by atoms with E-state index in [4.69, 9.17) is 10.5 Å². The van der Waals surface area contributed by atoms with Crippen molar-refractivity contribution < 1.29 is 14.3 Å². The molecule has 1 amide bonds. The average Bonchev–Trinajstić information content (AvgIpc) is 2.37. The summed E-state index contributed by atoms with van der Waals surface area (Å²) in [5.41, 5.74) is 6.46. The van der Waals surface area contributed by atoms with Gasteiger partial charge in [-0.05, 0) is 24.1 Å². The van der Waals surface area contributed by atoms with Crippen molar-refractivity contribution in [1.29, 1.82) is 0 Å². The van der Waals surface area contributed by atoms with E-state index in [1.54, 1.807) is 0 Å². The molecule has 0 aliphatic heterocycles. The highest BCUT2D eigenvalue weighted by Gasteiger charge is 1.99. The third kappa shape index (κ3) is 5.21. The molecule has 3 N–H and O–H groups in total. The largest absolute Gasteiger partial charge is 0.492 e. The standard InChI is InChI=1S/C12H18N2O3/c1-16-12(15)14-8-6-10-2-4-11(5-3-10)17-9-7-13/h2-5H,6-9,13H2,1H3,(H,14,15). The first-order valence-corrected chi connectivity index (χ1v) is 5.50. The lowest BCUT2D eigenvalue weighted by molar-refractivity contribution is 0.171. The molecule has 0 radical (unpaired) electrons. The van der Waals surface area contributed by atoms with Crippen LogP contribution in [0.25, 0.3) is 0 Å². The van der Waals surface area contributed by atoms with E-state index < -0.39 is 6.09 Å². The average molecular weight is 238 g/mol. The Morgan fingerprint density at radius 1 is 1.35 bits per heavy atom. The topological polar surface area (TPSA) is 73.6 Å². The Hall–Kier alpha value is -1.75. The van der Waals surface area contributed by atoms with E-state index in [1.807, 2.05) is 24.3 Å². The van der Waals surface area contributed by atoms with Crippen molar-refractivity contribution in [3.05, 3.63) is 29.8 Å². The van der Waals surface area contributed by atoms with Crippen molar-refractivity contribution in [3.8, 4) is 5.75 Å². The molecule has 5 nitrogen and oxygen atoms in total. The molecule has 1 rings (SSSR count). The van der Waals surface area contributed by atoms with Crippen LogP contribution in [-0.4, -0.2) is 32.9 Å². The highest BCUT2D eigenvalue weighted by molar-refractivity contribution is 5.66. The number of ether oxygens (including phenoxy) is 2. The second-order valence-electron chi connectivity index (χ2n) is 3.45. The minimum Gasteiger partial charge on any atom is -0.492 e. The fourth-order valence-electron chi connectivity index (χ4n) is 1.31. The molecule has 0 aromatic heterocycles. The van der Waals surface area contributed by atoms with Gasteiger partial charge in [0.25, 0.3) is 0 Å². The molecule has 0 fully saturated rings. The van der Waals surface area contributed by atoms with Crippen molar-refractivity contribution in [1.82, 2.24) is 5.32 Å². The van der Waals surface area contributed by atoms with E-state index in [0.717, 1.165) is 17.7 Å². The first-order valence-electron chi connectivity index (χ1n) is 5.50. The fourth-order valence-corrected chi connectivity index (χ4v) is 1.31. The maximum Gasteiger partial charge on any atom is 0.406 e. The zero-order valence-electron chi connectivity index (χ0n) is 9.94. The molecule has 0 aliphatic rings. The van der Waals surface area contributed by atoms with Crippen LogP contribution >= 0.6 is 0 Å². The Balaban J connectivity index is 2.32. The number of amides is 1. The van der Waals surface area contributed by atoms with Crippen molar-refractivity contribution in [2.45, 2.75) is 6.42 Å². The molecule has 0 unspecified atom stereocenters. The number of hydrogen-bond donors (Lipinski definition) is 2. The summed E-state index contributed by atoms with van der Waals surface area (Å²) in [6.07, 6.45) is 0.347. The van der Waals surface area contributed by atoms with Crippen molar-refractivity contribution in [2.24, 2.45) is 5.73 Å². The Morgan fingerprint density at radius 3 is 2.65 bits per heavy atom. The molecule has 0 heterocycles. The minimum absolute atomic E-state index is 0.409. The molecule has 0 saturated heterocycles. The number of nitrogens with two attached hydrogens (primary N) is 1. The lowest BCUT2D eigenvalue weighted by Gasteiger charge is -2.06. The van der Waals surface area contributed by atoms with Gasteiger partial charge < -0.3 is 20.5 Å². The zero-order chi connectivity index (χ0) is 12.5. The molecular formula is C12H18N2O3. The number of carbonyl (C=O) groups is 1. The van der Waals surface area contributed by atoms with E-state index in [0.29, 0.717) is 19.7 Å². The van der Waals surface area contributed by atoms with E-state index in [9.17, 15) is 4.79 Å². The number of benzene rings is 1. The van der Waals surface area contributed by atoms with Crippen LogP contribution < -0.4 is 15.8 Å². The molecule has 17 heavy (non-hydrogen) atoms. The quantitative estimate of drug-likeness (QED) is 0.773. The van der Waals surface area contributed by atoms with Crippen molar-refractivity contribution in [3.63, 3.8) is 0 Å². The van der Waals surface area contributed by atoms with Gasteiger partial charge in [0.05, 0.1) is 7.11 Å². The minimum atomic E-state index is -0.409. The molecular weight excluding hydrogens is 220 g/mol. The van der Waals surface area contributed by atoms with Gasteiger partial charge in [0.1, 0.15) is 12.4 Å². The summed E-state index contributed by atoms with van der Waals surface area (Å²) >= 11 is 0. The number of carbonyl (C=O) groups excluding carboxylic acids is 1. The van der Waals surface area contributed by atoms with E-state index in [2.05, 4.69) is 10.1 Å². The summed E-state index contributed by atoms with van der Waals surface area (Å²) in [6, 6.07) is 7.71. The van der Waals surface area contributed by atoms with Gasteiger partial charge in [-0.15, -0.1) is 0 Å². The zero-order valence-corrected chi connectivity index (χ0v) is 9.94. The van der Waals surface area contributed by atoms with Crippen molar-refractivity contribution in [2.75, 3.05) is 26.8 Å². The SMILES string of the molecule is COC(=O)NCCc1ccc(OCCN)cc1. The molecule has 0 spiro atoms. The summed E-state index contributed by atoms with van der Waals surface area (Å²) in [5.74, 6) is 0.806. The van der Waals surface area contributed by atoms with Crippen LogP contribution in [0.5, 0.6) is 5.75 Å². The van der Waals surface area contributed by atoms with Gasteiger partial charge in [-0.1, -0.05) is 12.1 Å². The van der Waals surface area contributed by atoms with Crippen LogP contribution in [0.4, 0.5) is 4.79 Å². The molecule has 94 valence electrons. The normalized spacial score (nSPS) is 9.76. The molecule has 0 atom stereocenters. The van der Waals surface area contributed by atoms with Crippen LogP contribution in [0.2, 0.25) is 0 Å². The predicted molar refractivity (Wildman–Crippen MR) is 65.1 cm³/mol. The first-order chi connectivity index (χ1) is 8.26. The smallest absolute Gasteiger partial charge is 0.406 e. The summed E-state index contributed by atoms with van der Waals surface area (Å²) in [7, 11) is 1.35. The van der Waals surface area contributed by atoms with E-state index >= 15 is 0 Å². The first kappa shape index (κ1) is 13.3. The maximum absolute atomic E-state index is 10.8. The summed E-state index contributed by atoms with van der Waals surface area (Å²) in [4.78, 5) is 10.8. The van der Waals surface area contributed by atoms with Crippen LogP contribution in [0, 0.1) is 0 Å². The molecule has 0 bridgehead atoms. The van der Waals surface area contributed by atoms with Gasteiger partial charge in [-0.25, -0.2) is 4.79 Å². The van der Waals surface area contributed by atoms with Gasteiger partial charge in [0.2, 0.25) is 0 Å². The number of rotatable bonds is 6. The Labute approximate surface area is 101 Å². The third-order valence-corrected chi connectivity index (χ3v) is 2.18. The van der Waals surface area contributed by atoms with Crippen LogP contribution in [0.1, 0.15) is 5.56 Å². The van der Waals surface area contributed by atoms with Gasteiger partial charge in [-0.3, -0.25) is 0 Å². The second-order valence-corrected chi connectivity index (χ2v) is 3.45. The summed E-state index contributed by atoms with van der Waals surface area (Å²) < 4.78 is 9.83. The number of alkyl carbamates (subject to hydrolysis) is 1. The predicted octanol–water partition coefficient (Wildman–Crippen LogP) is 0.923. The third-order valence-electron chi connectivity index (χ3n) is 2.18. The van der Waals surface area contributed by atoms with Gasteiger partial charge in [-0.2, -0.15) is 0 Å². The fraction of sp³-hybridized carbons (Fsp3) is 0.417. The molecule has 1 aromatic rings. The lowest BCUT2D eigenvalue weighted by atomic mass is 10.1. The Kier molecular flexibility index (Phi) is 5.88. The highest BCUT2D eigenvalue weighted by Crippen LogP contribution is 2.12. The van der Waals surface area contributed by atoms with Gasteiger partial charge in [0, 0.05) is 13.1 Å². The van der Waals surface area contributed by atoms with Crippen molar-refractivity contribution >= 4 is 6.09 Å². The number of nitrogens with one attached hydrogen (secondary N) is 1. The molecule has 1 aromatic carbocycles. The monoisotopic (exact) mass is 238 g/mol. The van der Waals surface area contributed by atoms with Gasteiger partial charge in [0.15, 0.2) is 0 Å². The summed E-state index contributed by atoms with van der Waals surface area (Å²) in [5, 5.41) is 2.62. The lowest BCUT2D eigenvalue weighted by Crippen LogP contribution is -2.25. The second kappa shape index (κ2) is 7.51.